The van der Waals surface area contributed by atoms with E-state index in [0.29, 0.717) is 11.0 Å². The number of fused-ring (bicyclic) bond motifs is 1. The van der Waals surface area contributed by atoms with Gasteiger partial charge in [-0.2, -0.15) is 4.98 Å². The first-order valence-corrected chi connectivity index (χ1v) is 10.1. The molecule has 1 saturated heterocycles. The molecule has 1 unspecified atom stereocenters. The van der Waals surface area contributed by atoms with Gasteiger partial charge in [-0.15, -0.1) is 5.10 Å². The molecule has 0 spiro atoms. The lowest BCUT2D eigenvalue weighted by Crippen LogP contribution is -2.29. The standard InChI is InChI=1S/C22H18ClN5O3/c1-31-16-8-4-14(5-9-16)18-12-17(13-2-6-15(23)7-3-13)24-21-25-22(26-28(18)21)27-19(29)10-11-20(27)30/h2-9,12,18H,10-11H2,1H3,(H,24,25,26). The zero-order valence-corrected chi connectivity index (χ0v) is 17.3. The molecule has 3 aromatic rings. The first kappa shape index (κ1) is 19.3. The summed E-state index contributed by atoms with van der Waals surface area (Å²) in [5.41, 5.74) is 2.69. The van der Waals surface area contributed by atoms with Crippen LogP contribution in [0.2, 0.25) is 5.02 Å². The molecule has 0 aliphatic carbocycles. The third kappa shape index (κ3) is 3.44. The second-order valence-corrected chi connectivity index (χ2v) is 7.67. The molecular formula is C22H18ClN5O3. The molecule has 8 nitrogen and oxygen atoms in total. The number of rotatable bonds is 4. The first-order valence-electron chi connectivity index (χ1n) is 9.74. The van der Waals surface area contributed by atoms with Crippen LogP contribution in [0.3, 0.4) is 0 Å². The number of benzene rings is 2. The quantitative estimate of drug-likeness (QED) is 0.629. The molecule has 31 heavy (non-hydrogen) atoms. The molecule has 2 amide bonds. The van der Waals surface area contributed by atoms with Crippen molar-refractivity contribution in [1.29, 1.82) is 0 Å². The number of anilines is 2. The molecule has 156 valence electrons. The topological polar surface area (TPSA) is 89.3 Å². The molecule has 1 aromatic heterocycles. The molecule has 2 aliphatic heterocycles. The Morgan fingerprint density at radius 3 is 2.35 bits per heavy atom. The van der Waals surface area contributed by atoms with E-state index in [2.05, 4.69) is 15.4 Å². The summed E-state index contributed by atoms with van der Waals surface area (Å²) in [5, 5.41) is 8.41. The highest BCUT2D eigenvalue weighted by Crippen LogP contribution is 2.35. The Morgan fingerprint density at radius 1 is 1.03 bits per heavy atom. The van der Waals surface area contributed by atoms with Crippen LogP contribution < -0.4 is 15.0 Å². The van der Waals surface area contributed by atoms with E-state index >= 15 is 0 Å². The van der Waals surface area contributed by atoms with Crippen molar-refractivity contribution in [3.8, 4) is 5.75 Å². The number of amides is 2. The van der Waals surface area contributed by atoms with E-state index in [9.17, 15) is 9.59 Å². The van der Waals surface area contributed by atoms with Crippen LogP contribution in [0, 0.1) is 0 Å². The Bertz CT molecular complexity index is 1180. The molecule has 1 fully saturated rings. The van der Waals surface area contributed by atoms with Gasteiger partial charge in [-0.1, -0.05) is 35.9 Å². The highest BCUT2D eigenvalue weighted by molar-refractivity contribution is 6.30. The number of carbonyl (C=O) groups is 2. The predicted octanol–water partition coefficient (Wildman–Crippen LogP) is 3.65. The first-order chi connectivity index (χ1) is 15.0. The van der Waals surface area contributed by atoms with Crippen LogP contribution in [-0.4, -0.2) is 33.7 Å². The summed E-state index contributed by atoms with van der Waals surface area (Å²) in [6, 6.07) is 14.8. The number of nitrogens with zero attached hydrogens (tertiary/aromatic N) is 4. The largest absolute Gasteiger partial charge is 0.497 e. The lowest BCUT2D eigenvalue weighted by atomic mass is 10.0. The zero-order chi connectivity index (χ0) is 21.5. The van der Waals surface area contributed by atoms with Crippen molar-refractivity contribution in [3.05, 3.63) is 70.8 Å². The normalized spacial score (nSPS) is 17.9. The van der Waals surface area contributed by atoms with Gasteiger partial charge in [0.15, 0.2) is 0 Å². The van der Waals surface area contributed by atoms with E-state index in [4.69, 9.17) is 16.3 Å². The fraction of sp³-hybridized carbons (Fsp3) is 0.182. The minimum atomic E-state index is -0.304. The SMILES string of the molecule is COc1ccc(C2C=C(c3ccc(Cl)cc3)Nc3nc(N4C(=O)CCC4=O)nn32)cc1. The molecule has 5 rings (SSSR count). The number of allylic oxidation sites excluding steroid dienone is 1. The van der Waals surface area contributed by atoms with E-state index in [1.165, 1.54) is 0 Å². The van der Waals surface area contributed by atoms with Crippen LogP contribution in [0.15, 0.2) is 54.6 Å². The van der Waals surface area contributed by atoms with Gasteiger partial charge in [0.1, 0.15) is 11.8 Å². The number of aromatic nitrogens is 3. The molecule has 1 N–H and O–H groups in total. The van der Waals surface area contributed by atoms with Crippen molar-refractivity contribution in [2.75, 3.05) is 17.3 Å². The molecule has 2 aromatic carbocycles. The number of carbonyl (C=O) groups excluding carboxylic acids is 2. The summed E-state index contributed by atoms with van der Waals surface area (Å²) >= 11 is 6.04. The van der Waals surface area contributed by atoms with Crippen LogP contribution in [0.1, 0.15) is 30.0 Å². The lowest BCUT2D eigenvalue weighted by molar-refractivity contribution is -0.121. The molecule has 3 heterocycles. The Morgan fingerprint density at radius 2 is 1.71 bits per heavy atom. The third-order valence-electron chi connectivity index (χ3n) is 5.32. The summed E-state index contributed by atoms with van der Waals surface area (Å²) in [4.78, 5) is 29.9. The van der Waals surface area contributed by atoms with Gasteiger partial charge in [-0.3, -0.25) is 9.59 Å². The van der Waals surface area contributed by atoms with Crippen LogP contribution >= 0.6 is 11.6 Å². The van der Waals surface area contributed by atoms with E-state index in [1.807, 2.05) is 54.6 Å². The van der Waals surface area contributed by atoms with Crippen LogP contribution in [0.5, 0.6) is 5.75 Å². The molecular weight excluding hydrogens is 418 g/mol. The van der Waals surface area contributed by atoms with E-state index in [0.717, 1.165) is 27.5 Å². The Labute approximate surface area is 183 Å². The second kappa shape index (κ2) is 7.55. The van der Waals surface area contributed by atoms with Crippen LogP contribution in [-0.2, 0) is 9.59 Å². The van der Waals surface area contributed by atoms with Crippen molar-refractivity contribution >= 4 is 41.0 Å². The third-order valence-corrected chi connectivity index (χ3v) is 5.57. The van der Waals surface area contributed by atoms with Gasteiger partial charge in [0, 0.05) is 23.6 Å². The average Bonchev–Trinajstić information content (AvgIpc) is 3.35. The molecule has 0 saturated carbocycles. The molecule has 9 heteroatoms. The average molecular weight is 436 g/mol. The number of ether oxygens (including phenoxy) is 1. The molecule has 0 bridgehead atoms. The van der Waals surface area contributed by atoms with Gasteiger partial charge < -0.3 is 10.1 Å². The summed E-state index contributed by atoms with van der Waals surface area (Å²) < 4.78 is 6.94. The van der Waals surface area contributed by atoms with E-state index < -0.39 is 0 Å². The highest BCUT2D eigenvalue weighted by Gasteiger charge is 2.35. The van der Waals surface area contributed by atoms with Crippen molar-refractivity contribution < 1.29 is 14.3 Å². The molecule has 2 aliphatic rings. The molecule has 1 atom stereocenters. The highest BCUT2D eigenvalue weighted by atomic mass is 35.5. The van der Waals surface area contributed by atoms with Crippen molar-refractivity contribution in [2.45, 2.75) is 18.9 Å². The number of nitrogens with one attached hydrogen (secondary N) is 1. The van der Waals surface area contributed by atoms with E-state index in [-0.39, 0.29) is 36.6 Å². The minimum absolute atomic E-state index is 0.0827. The summed E-state index contributed by atoms with van der Waals surface area (Å²) in [6.07, 6.45) is 2.36. The fourth-order valence-electron chi connectivity index (χ4n) is 3.71. The predicted molar refractivity (Wildman–Crippen MR) is 116 cm³/mol. The number of imide groups is 1. The Kier molecular flexibility index (Phi) is 4.71. The Hall–Kier alpha value is -3.65. The minimum Gasteiger partial charge on any atom is -0.497 e. The van der Waals surface area contributed by atoms with Gasteiger partial charge in [0.25, 0.3) is 5.95 Å². The van der Waals surface area contributed by atoms with Gasteiger partial charge >= 0.3 is 0 Å². The number of hydrogen-bond acceptors (Lipinski definition) is 6. The van der Waals surface area contributed by atoms with Crippen molar-refractivity contribution in [3.63, 3.8) is 0 Å². The number of methoxy groups -OCH3 is 1. The van der Waals surface area contributed by atoms with Gasteiger partial charge in [-0.25, -0.2) is 9.58 Å². The van der Waals surface area contributed by atoms with Gasteiger partial charge in [0.05, 0.1) is 7.11 Å². The van der Waals surface area contributed by atoms with E-state index in [1.54, 1.807) is 11.8 Å². The summed E-state index contributed by atoms with van der Waals surface area (Å²) in [5.74, 6) is 0.682. The second-order valence-electron chi connectivity index (χ2n) is 7.23. The van der Waals surface area contributed by atoms with Crippen molar-refractivity contribution in [1.82, 2.24) is 14.8 Å². The fourth-order valence-corrected chi connectivity index (χ4v) is 3.84. The number of halogens is 1. The lowest BCUT2D eigenvalue weighted by Gasteiger charge is -2.24. The smallest absolute Gasteiger partial charge is 0.260 e. The maximum atomic E-state index is 12.2. The molecule has 0 radical (unpaired) electrons. The number of hydrogen-bond donors (Lipinski definition) is 1. The summed E-state index contributed by atoms with van der Waals surface area (Å²) in [6.45, 7) is 0. The maximum Gasteiger partial charge on any atom is 0.260 e. The van der Waals surface area contributed by atoms with Gasteiger partial charge in [-0.05, 0) is 41.5 Å². The van der Waals surface area contributed by atoms with Crippen LogP contribution in [0.25, 0.3) is 5.70 Å². The Balaban J connectivity index is 1.60. The van der Waals surface area contributed by atoms with Crippen molar-refractivity contribution in [2.24, 2.45) is 0 Å². The van der Waals surface area contributed by atoms with Gasteiger partial charge in [0.2, 0.25) is 17.8 Å². The summed E-state index contributed by atoms with van der Waals surface area (Å²) in [7, 11) is 1.62. The maximum absolute atomic E-state index is 12.2. The zero-order valence-electron chi connectivity index (χ0n) is 16.6. The monoisotopic (exact) mass is 435 g/mol. The van der Waals surface area contributed by atoms with Crippen LogP contribution in [0.4, 0.5) is 11.9 Å².